The van der Waals surface area contributed by atoms with Gasteiger partial charge in [0.05, 0.1) is 5.69 Å². The average molecular weight is 451 g/mol. The summed E-state index contributed by atoms with van der Waals surface area (Å²) >= 11 is 0. The number of anilines is 2. The van der Waals surface area contributed by atoms with Gasteiger partial charge in [0.25, 0.3) is 0 Å². The first-order chi connectivity index (χ1) is 15.0. The molecule has 1 aromatic carbocycles. The van der Waals surface area contributed by atoms with Gasteiger partial charge in [-0.1, -0.05) is 12.1 Å². The van der Waals surface area contributed by atoms with E-state index in [1.807, 2.05) is 24.8 Å². The fourth-order valence-corrected chi connectivity index (χ4v) is 4.03. The molecule has 9 heteroatoms. The number of benzene rings is 1. The number of amides is 1. The molecule has 0 spiro atoms. The van der Waals surface area contributed by atoms with Crippen molar-refractivity contribution in [2.75, 3.05) is 30.0 Å². The second-order valence-electron chi connectivity index (χ2n) is 8.33. The highest BCUT2D eigenvalue weighted by atomic mass is 19.4. The minimum atomic E-state index is -4.77. The van der Waals surface area contributed by atoms with Gasteiger partial charge in [0.1, 0.15) is 5.82 Å². The van der Waals surface area contributed by atoms with Gasteiger partial charge in [-0.05, 0) is 61.1 Å². The molecule has 2 heterocycles. The van der Waals surface area contributed by atoms with Crippen LogP contribution in [0.4, 0.5) is 24.7 Å². The van der Waals surface area contributed by atoms with Crippen molar-refractivity contribution >= 4 is 17.4 Å². The van der Waals surface area contributed by atoms with E-state index in [9.17, 15) is 18.0 Å². The molecule has 0 saturated heterocycles. The summed E-state index contributed by atoms with van der Waals surface area (Å²) in [6.07, 6.45) is -4.35. The van der Waals surface area contributed by atoms with Crippen LogP contribution in [0.5, 0.6) is 0 Å². The minimum absolute atomic E-state index is 0.211. The van der Waals surface area contributed by atoms with Gasteiger partial charge in [-0.2, -0.15) is 13.2 Å². The smallest absolute Gasteiger partial charge is 0.396 e. The summed E-state index contributed by atoms with van der Waals surface area (Å²) in [4.78, 5) is 18.0. The first-order valence-corrected chi connectivity index (χ1v) is 10.5. The van der Waals surface area contributed by atoms with Crippen molar-refractivity contribution in [1.82, 2.24) is 4.98 Å². The van der Waals surface area contributed by atoms with Gasteiger partial charge in [0.2, 0.25) is 5.91 Å². The van der Waals surface area contributed by atoms with Gasteiger partial charge in [-0.3, -0.25) is 4.79 Å². The summed E-state index contributed by atoms with van der Waals surface area (Å²) in [5, 5.41) is 20.5. The molecule has 1 aliphatic rings. The van der Waals surface area contributed by atoms with Gasteiger partial charge >= 0.3 is 6.18 Å². The van der Waals surface area contributed by atoms with Crippen LogP contribution in [0.25, 0.3) is 0 Å². The number of carbonyl (C=O) groups excluding carboxylic acids is 1. The number of halogens is 3. The molecular weight excluding hydrogens is 423 g/mol. The molecule has 2 aromatic rings. The van der Waals surface area contributed by atoms with Gasteiger partial charge in [-0.15, -0.1) is 0 Å². The zero-order chi connectivity index (χ0) is 23.6. The molecule has 0 saturated carbocycles. The Balaban J connectivity index is 1.94. The Morgan fingerprint density at radius 2 is 1.75 bits per heavy atom. The number of nitrogens with zero attached hydrogens (tertiary/aromatic N) is 2. The van der Waals surface area contributed by atoms with E-state index in [0.717, 1.165) is 11.1 Å². The second kappa shape index (κ2) is 9.46. The first-order valence-electron chi connectivity index (χ1n) is 10.5. The monoisotopic (exact) mass is 451 g/mol. The SMILES string of the molecule is Cc1ccc(C)c2c1CCN(c1cc(C)c(NC(=O)CC(CO)CO)c(C(F)(F)F)n1)C2. The maximum Gasteiger partial charge on any atom is 0.435 e. The number of carbonyl (C=O) groups is 1. The maximum absolute atomic E-state index is 13.9. The first kappa shape index (κ1) is 24.0. The van der Waals surface area contributed by atoms with Crippen LogP contribution in [-0.4, -0.2) is 40.9 Å². The Labute approximate surface area is 185 Å². The molecule has 0 atom stereocenters. The standard InChI is InChI=1S/C23H28F3N3O3/c1-13-4-5-14(2)18-10-29(7-6-17(13)18)19-8-15(3)21(22(27-19)23(24,25)26)28-20(32)9-16(11-30)12-31/h4-5,8,16,30-31H,6-7,9-12H2,1-3H3,(H,28,32). The van der Waals surface area contributed by atoms with Crippen LogP contribution in [0.15, 0.2) is 18.2 Å². The molecule has 0 unspecified atom stereocenters. The minimum Gasteiger partial charge on any atom is -0.396 e. The lowest BCUT2D eigenvalue weighted by atomic mass is 9.91. The third-order valence-corrected chi connectivity index (χ3v) is 5.93. The van der Waals surface area contributed by atoms with Crippen LogP contribution < -0.4 is 10.2 Å². The lowest BCUT2D eigenvalue weighted by Crippen LogP contribution is -2.33. The van der Waals surface area contributed by atoms with E-state index in [2.05, 4.69) is 16.4 Å². The molecule has 0 fully saturated rings. The predicted octanol–water partition coefficient (Wildman–Crippen LogP) is 3.52. The van der Waals surface area contributed by atoms with Gasteiger partial charge in [0.15, 0.2) is 5.69 Å². The summed E-state index contributed by atoms with van der Waals surface area (Å²) in [5.74, 6) is -1.25. The third kappa shape index (κ3) is 5.05. The van der Waals surface area contributed by atoms with Gasteiger partial charge in [0, 0.05) is 38.6 Å². The molecule has 6 nitrogen and oxygen atoms in total. The normalized spacial score (nSPS) is 14.0. The van der Waals surface area contributed by atoms with Crippen molar-refractivity contribution in [3.05, 3.63) is 51.7 Å². The Kier molecular flexibility index (Phi) is 7.09. The Bertz CT molecular complexity index is 1000. The molecule has 3 rings (SSSR count). The molecule has 1 amide bonds. The number of fused-ring (bicyclic) bond motifs is 1. The maximum atomic E-state index is 13.9. The molecule has 174 valence electrons. The van der Waals surface area contributed by atoms with E-state index in [-0.39, 0.29) is 17.8 Å². The van der Waals surface area contributed by atoms with Crippen molar-refractivity contribution < 1.29 is 28.2 Å². The van der Waals surface area contributed by atoms with Crippen LogP contribution in [0.1, 0.15) is 39.9 Å². The molecule has 0 bridgehead atoms. The van der Waals surface area contributed by atoms with Crippen LogP contribution in [0, 0.1) is 26.7 Å². The van der Waals surface area contributed by atoms with E-state index in [4.69, 9.17) is 10.2 Å². The van der Waals surface area contributed by atoms with E-state index in [1.165, 1.54) is 18.1 Å². The lowest BCUT2D eigenvalue weighted by molar-refractivity contribution is -0.140. The lowest BCUT2D eigenvalue weighted by Gasteiger charge is -2.32. The predicted molar refractivity (Wildman–Crippen MR) is 116 cm³/mol. The molecular formula is C23H28F3N3O3. The second-order valence-corrected chi connectivity index (χ2v) is 8.33. The number of rotatable bonds is 6. The number of hydrogen-bond donors (Lipinski definition) is 3. The zero-order valence-electron chi connectivity index (χ0n) is 18.4. The van der Waals surface area contributed by atoms with Crippen LogP contribution in [0.2, 0.25) is 0 Å². The summed E-state index contributed by atoms with van der Waals surface area (Å²) in [6, 6.07) is 5.63. The highest BCUT2D eigenvalue weighted by Crippen LogP contribution is 2.38. The Morgan fingerprint density at radius 1 is 1.12 bits per heavy atom. The molecule has 1 aromatic heterocycles. The van der Waals surface area contributed by atoms with Crippen LogP contribution in [-0.2, 0) is 23.9 Å². The number of aryl methyl sites for hydroxylation is 3. The van der Waals surface area contributed by atoms with Crippen molar-refractivity contribution in [3.63, 3.8) is 0 Å². The number of aliphatic hydroxyl groups excluding tert-OH is 2. The van der Waals surface area contributed by atoms with Crippen LogP contribution in [0.3, 0.4) is 0 Å². The van der Waals surface area contributed by atoms with Crippen molar-refractivity contribution in [2.24, 2.45) is 5.92 Å². The molecule has 32 heavy (non-hydrogen) atoms. The Morgan fingerprint density at radius 3 is 2.34 bits per heavy atom. The Hall–Kier alpha value is -2.65. The largest absolute Gasteiger partial charge is 0.435 e. The molecule has 0 radical (unpaired) electrons. The molecule has 0 aliphatic carbocycles. The third-order valence-electron chi connectivity index (χ3n) is 5.93. The molecule has 1 aliphatic heterocycles. The van der Waals surface area contributed by atoms with Crippen molar-refractivity contribution in [2.45, 2.75) is 46.3 Å². The van der Waals surface area contributed by atoms with Crippen molar-refractivity contribution in [3.8, 4) is 0 Å². The number of aliphatic hydroxyl groups is 2. The number of nitrogens with one attached hydrogen (secondary N) is 1. The zero-order valence-corrected chi connectivity index (χ0v) is 18.4. The number of pyridine rings is 1. The van der Waals surface area contributed by atoms with E-state index < -0.39 is 42.6 Å². The van der Waals surface area contributed by atoms with Gasteiger partial charge < -0.3 is 20.4 Å². The number of alkyl halides is 3. The van der Waals surface area contributed by atoms with Gasteiger partial charge in [-0.25, -0.2) is 4.98 Å². The van der Waals surface area contributed by atoms with E-state index in [0.29, 0.717) is 19.5 Å². The summed E-state index contributed by atoms with van der Waals surface area (Å²) in [6.45, 7) is 5.65. The van der Waals surface area contributed by atoms with Crippen molar-refractivity contribution in [1.29, 1.82) is 0 Å². The average Bonchev–Trinajstić information content (AvgIpc) is 2.74. The highest BCUT2D eigenvalue weighted by Gasteiger charge is 2.38. The summed E-state index contributed by atoms with van der Waals surface area (Å²) in [7, 11) is 0. The molecule has 3 N–H and O–H groups in total. The topological polar surface area (TPSA) is 85.7 Å². The quantitative estimate of drug-likeness (QED) is 0.626. The van der Waals surface area contributed by atoms with E-state index in [1.54, 1.807) is 6.07 Å². The van der Waals surface area contributed by atoms with Crippen LogP contribution >= 0.6 is 0 Å². The number of aromatic nitrogens is 1. The number of hydrogen-bond acceptors (Lipinski definition) is 5. The highest BCUT2D eigenvalue weighted by molar-refractivity contribution is 5.92. The summed E-state index contributed by atoms with van der Waals surface area (Å²) < 4.78 is 41.6. The van der Waals surface area contributed by atoms with E-state index >= 15 is 0 Å². The fraction of sp³-hybridized carbons (Fsp3) is 0.478. The fourth-order valence-electron chi connectivity index (χ4n) is 4.03. The summed E-state index contributed by atoms with van der Waals surface area (Å²) in [5.41, 5.74) is 3.30.